The monoisotopic (exact) mass is 729 g/mol. The molecule has 0 saturated heterocycles. The van der Waals surface area contributed by atoms with Gasteiger partial charge in [-0.05, 0) is 61.4 Å². The van der Waals surface area contributed by atoms with E-state index in [9.17, 15) is 29.1 Å². The van der Waals surface area contributed by atoms with Gasteiger partial charge in [0.15, 0.2) is 5.78 Å². The number of halogens is 1. The highest BCUT2D eigenvalue weighted by Gasteiger charge is 2.31. The first kappa shape index (κ1) is 38.5. The van der Waals surface area contributed by atoms with E-state index in [1.165, 1.54) is 37.3 Å². The molecule has 4 N–H and O–H groups in total. The molecule has 0 unspecified atom stereocenters. The number of ether oxygens (including phenoxy) is 1. The average molecular weight is 730 g/mol. The molecule has 0 fully saturated rings. The van der Waals surface area contributed by atoms with Crippen LogP contribution in [0.5, 0.6) is 5.75 Å². The maximum atomic E-state index is 13.5. The Balaban J connectivity index is 1.56. The number of benzene rings is 1. The Bertz CT molecular complexity index is 1670. The second-order valence-electron chi connectivity index (χ2n) is 12.7. The number of nitrogens with one attached hydrogen (secondary N) is 3. The molecule has 0 spiro atoms. The first-order valence-corrected chi connectivity index (χ1v) is 17.8. The maximum Gasteiger partial charge on any atom is 0.252 e. The Morgan fingerprint density at radius 1 is 1.10 bits per heavy atom. The molecule has 2 aliphatic rings. The van der Waals surface area contributed by atoms with Crippen molar-refractivity contribution < 1.29 is 33.8 Å². The summed E-state index contributed by atoms with van der Waals surface area (Å²) in [6.07, 6.45) is 1.88. The van der Waals surface area contributed by atoms with Crippen LogP contribution in [0.1, 0.15) is 71.8 Å². The number of Topliss-reactive ketones (excluding diaryl/α,β-unsaturated/α-hetero) is 1. The molecule has 0 aliphatic carbocycles. The number of amides is 4. The highest BCUT2D eigenvalue weighted by atomic mass is 35.5. The van der Waals surface area contributed by atoms with Crippen LogP contribution in [0.4, 0.5) is 0 Å². The van der Waals surface area contributed by atoms with Crippen LogP contribution >= 0.6 is 22.9 Å². The molecule has 2 aliphatic heterocycles. The van der Waals surface area contributed by atoms with Crippen molar-refractivity contribution in [2.24, 2.45) is 5.92 Å². The third-order valence-electron chi connectivity index (χ3n) is 7.99. The molecule has 4 bridgehead atoms. The molecule has 5 rings (SSSR count). The van der Waals surface area contributed by atoms with Crippen LogP contribution in [0.2, 0.25) is 5.02 Å². The number of aliphatic hydroxyl groups excluding tert-OH is 1. The first-order chi connectivity index (χ1) is 23.8. The summed E-state index contributed by atoms with van der Waals surface area (Å²) in [5.74, 6) is -1.73. The molecule has 16 heteroatoms. The SMILES string of the molecule is CC(=O)c1cc(CC(=O)N2CCNC(=O)[C@@H](CC(C)C)NC(=O)[C@H]([C@@H](C)O)NC(=O)c3ccc(c(Cl)c3)OCCCn3cc(nn3)CC2)cs1. The minimum atomic E-state index is -1.37. The Morgan fingerprint density at radius 2 is 1.88 bits per heavy atom. The number of thiophene rings is 1. The summed E-state index contributed by atoms with van der Waals surface area (Å²) in [4.78, 5) is 67.4. The number of aryl methyl sites for hydroxylation is 1. The maximum absolute atomic E-state index is 13.5. The predicted octanol–water partition coefficient (Wildman–Crippen LogP) is 2.42. The number of carbonyl (C=O) groups is 5. The van der Waals surface area contributed by atoms with Gasteiger partial charge in [0, 0.05) is 50.8 Å². The van der Waals surface area contributed by atoms with Crippen LogP contribution in [0.15, 0.2) is 35.8 Å². The van der Waals surface area contributed by atoms with Crippen molar-refractivity contribution in [3.63, 3.8) is 0 Å². The van der Waals surface area contributed by atoms with Crippen LogP contribution in [0.25, 0.3) is 0 Å². The second-order valence-corrected chi connectivity index (χ2v) is 14.0. The van der Waals surface area contributed by atoms with E-state index in [-0.39, 0.29) is 54.1 Å². The lowest BCUT2D eigenvalue weighted by atomic mass is 10.0. The molecule has 1 aromatic carbocycles. The van der Waals surface area contributed by atoms with Gasteiger partial charge in [-0.1, -0.05) is 30.7 Å². The molecule has 2 aromatic heterocycles. The Labute approximate surface area is 299 Å². The summed E-state index contributed by atoms with van der Waals surface area (Å²) in [5, 5.41) is 28.9. The van der Waals surface area contributed by atoms with Gasteiger partial charge in [-0.15, -0.1) is 16.4 Å². The van der Waals surface area contributed by atoms with E-state index in [0.29, 0.717) is 48.9 Å². The van der Waals surface area contributed by atoms with Gasteiger partial charge < -0.3 is 30.7 Å². The average Bonchev–Trinajstić information content (AvgIpc) is 3.72. The molecule has 4 amide bonds. The molecule has 14 nitrogen and oxygen atoms in total. The van der Waals surface area contributed by atoms with E-state index < -0.39 is 35.9 Å². The number of fused-ring (bicyclic) bond motifs is 17. The molecule has 270 valence electrons. The summed E-state index contributed by atoms with van der Waals surface area (Å²) >= 11 is 7.69. The fourth-order valence-corrected chi connectivity index (χ4v) is 6.36. The molecule has 3 atom stereocenters. The zero-order valence-corrected chi connectivity index (χ0v) is 30.2. The van der Waals surface area contributed by atoms with Gasteiger partial charge in [-0.25, -0.2) is 0 Å². The molecule has 0 saturated carbocycles. The Morgan fingerprint density at radius 3 is 2.56 bits per heavy atom. The summed E-state index contributed by atoms with van der Waals surface area (Å²) < 4.78 is 7.51. The number of rotatable bonds is 6. The zero-order chi connectivity index (χ0) is 36.4. The van der Waals surface area contributed by atoms with E-state index in [1.54, 1.807) is 33.3 Å². The lowest BCUT2D eigenvalue weighted by Gasteiger charge is -2.26. The van der Waals surface area contributed by atoms with Crippen molar-refractivity contribution in [1.82, 2.24) is 35.8 Å². The number of aliphatic hydroxyl groups is 1. The third-order valence-corrected chi connectivity index (χ3v) is 9.36. The normalized spacial score (nSPS) is 19.2. The van der Waals surface area contributed by atoms with E-state index in [4.69, 9.17) is 16.3 Å². The van der Waals surface area contributed by atoms with Gasteiger partial charge >= 0.3 is 0 Å². The van der Waals surface area contributed by atoms with Crippen molar-refractivity contribution in [1.29, 1.82) is 0 Å². The number of aromatic nitrogens is 3. The largest absolute Gasteiger partial charge is 0.492 e. The van der Waals surface area contributed by atoms with Crippen LogP contribution in [-0.2, 0) is 33.8 Å². The summed E-state index contributed by atoms with van der Waals surface area (Å²) in [6, 6.07) is 3.84. The number of carbonyl (C=O) groups excluding carboxylic acids is 5. The van der Waals surface area contributed by atoms with Gasteiger partial charge in [0.25, 0.3) is 5.91 Å². The number of hydrogen-bond acceptors (Lipinski definition) is 10. The third kappa shape index (κ3) is 11.1. The number of ketones is 1. The molecular weight excluding hydrogens is 686 g/mol. The van der Waals surface area contributed by atoms with Crippen molar-refractivity contribution >= 4 is 52.3 Å². The zero-order valence-electron chi connectivity index (χ0n) is 28.6. The van der Waals surface area contributed by atoms with Crippen LogP contribution in [0.3, 0.4) is 0 Å². The van der Waals surface area contributed by atoms with Crippen LogP contribution < -0.4 is 20.7 Å². The van der Waals surface area contributed by atoms with Gasteiger partial charge in [0.05, 0.1) is 34.7 Å². The van der Waals surface area contributed by atoms with E-state index in [2.05, 4.69) is 26.3 Å². The van der Waals surface area contributed by atoms with E-state index >= 15 is 0 Å². The highest BCUT2D eigenvalue weighted by Crippen LogP contribution is 2.26. The number of hydrogen-bond donors (Lipinski definition) is 4. The Hall–Kier alpha value is -4.34. The minimum absolute atomic E-state index is 0.0114. The lowest BCUT2D eigenvalue weighted by Crippen LogP contribution is -2.57. The van der Waals surface area contributed by atoms with Crippen LogP contribution in [-0.4, -0.2) is 98.8 Å². The molecule has 4 heterocycles. The van der Waals surface area contributed by atoms with Crippen molar-refractivity contribution in [3.8, 4) is 5.75 Å². The molecule has 3 aromatic rings. The van der Waals surface area contributed by atoms with Crippen molar-refractivity contribution in [2.75, 3.05) is 26.2 Å². The fraction of sp³-hybridized carbons (Fsp3) is 0.500. The van der Waals surface area contributed by atoms with E-state index in [1.807, 2.05) is 13.8 Å². The minimum Gasteiger partial charge on any atom is -0.492 e. The van der Waals surface area contributed by atoms with Crippen molar-refractivity contribution in [2.45, 2.75) is 78.1 Å². The van der Waals surface area contributed by atoms with E-state index in [0.717, 1.165) is 5.56 Å². The topological polar surface area (TPSA) is 185 Å². The molecule has 50 heavy (non-hydrogen) atoms. The quantitative estimate of drug-likeness (QED) is 0.219. The summed E-state index contributed by atoms with van der Waals surface area (Å²) in [5.41, 5.74) is 1.56. The predicted molar refractivity (Wildman–Crippen MR) is 187 cm³/mol. The Kier molecular flexibility index (Phi) is 13.9. The highest BCUT2D eigenvalue weighted by molar-refractivity contribution is 7.12. The summed E-state index contributed by atoms with van der Waals surface area (Å²) in [6.45, 7) is 8.03. The van der Waals surface area contributed by atoms with Crippen molar-refractivity contribution in [3.05, 3.63) is 62.6 Å². The number of nitrogens with zero attached hydrogens (tertiary/aromatic N) is 4. The van der Waals surface area contributed by atoms with Gasteiger partial charge in [0.1, 0.15) is 17.8 Å². The lowest BCUT2D eigenvalue weighted by molar-refractivity contribution is -0.132. The second kappa shape index (κ2) is 18.1. The van der Waals surface area contributed by atoms with Gasteiger partial charge in [-0.2, -0.15) is 0 Å². The smallest absolute Gasteiger partial charge is 0.252 e. The molecule has 0 radical (unpaired) electrons. The van der Waals surface area contributed by atoms with Gasteiger partial charge in [-0.3, -0.25) is 28.7 Å². The first-order valence-electron chi connectivity index (χ1n) is 16.5. The standard InChI is InChI=1S/C34H44ClN7O7S/c1-20(2)14-27-33(47)36-9-12-41(30(45)16-23-15-29(21(3)43)50-19-23)11-8-25-18-42(40-39-25)10-5-13-49-28-7-6-24(17-26(28)35)32(46)38-31(22(4)44)34(48)37-27/h6-7,15,17-20,22,27,31,44H,5,8-14,16H2,1-4H3,(H,36,47)(H,37,48)(H,38,46)/t22-,27-,31+/m1/s1. The van der Waals surface area contributed by atoms with Crippen LogP contribution in [0, 0.1) is 5.92 Å². The van der Waals surface area contributed by atoms with Gasteiger partial charge in [0.2, 0.25) is 17.7 Å². The summed E-state index contributed by atoms with van der Waals surface area (Å²) in [7, 11) is 0. The fourth-order valence-electron chi connectivity index (χ4n) is 5.31. The molecular formula is C34H44ClN7O7S.